The Morgan fingerprint density at radius 3 is 2.52 bits per heavy atom. The van der Waals surface area contributed by atoms with E-state index in [4.69, 9.17) is 0 Å². The van der Waals surface area contributed by atoms with Crippen molar-refractivity contribution in [3.05, 3.63) is 17.0 Å². The van der Waals surface area contributed by atoms with Gasteiger partial charge < -0.3 is 5.32 Å². The molecule has 0 radical (unpaired) electrons. The molecule has 0 aromatic carbocycles. The molecule has 2 rings (SSSR count). The Morgan fingerprint density at radius 2 is 1.90 bits per heavy atom. The van der Waals surface area contributed by atoms with Gasteiger partial charge in [0.1, 0.15) is 0 Å². The molecule has 7 heteroatoms. The van der Waals surface area contributed by atoms with E-state index in [0.717, 1.165) is 17.0 Å². The van der Waals surface area contributed by atoms with Gasteiger partial charge in [-0.3, -0.25) is 4.79 Å². The van der Waals surface area contributed by atoms with Crippen LogP contribution in [0.5, 0.6) is 0 Å². The van der Waals surface area contributed by atoms with Crippen LogP contribution in [0.3, 0.4) is 0 Å². The van der Waals surface area contributed by atoms with E-state index in [1.54, 1.807) is 4.52 Å². The lowest BCUT2D eigenvalue weighted by molar-refractivity contribution is -0.119. The number of nitrogens with zero attached hydrogens (tertiary/aromatic N) is 4. The van der Waals surface area contributed by atoms with Crippen molar-refractivity contribution in [2.24, 2.45) is 0 Å². The lowest BCUT2D eigenvalue weighted by Crippen LogP contribution is -2.41. The van der Waals surface area contributed by atoms with Crippen molar-refractivity contribution in [3.8, 4) is 0 Å². The molecule has 0 aliphatic heterocycles. The second-order valence-electron chi connectivity index (χ2n) is 6.10. The molecule has 0 saturated carbocycles. The number of aromatic nitrogens is 4. The van der Waals surface area contributed by atoms with Crippen LogP contribution in [0, 0.1) is 20.8 Å². The number of hydrogen-bond donors (Lipinski definition) is 1. The molecule has 0 saturated heterocycles. The van der Waals surface area contributed by atoms with Gasteiger partial charge in [0, 0.05) is 16.9 Å². The molecule has 2 heterocycles. The summed E-state index contributed by atoms with van der Waals surface area (Å²) in [5.74, 6) is 0.850. The fraction of sp³-hybridized carbons (Fsp3) is 0.571. The zero-order chi connectivity index (χ0) is 15.8. The van der Waals surface area contributed by atoms with Crippen molar-refractivity contribution in [2.45, 2.75) is 52.2 Å². The molecule has 114 valence electrons. The molecule has 0 atom stereocenters. The number of carbonyl (C=O) groups excluding carboxylic acids is 1. The maximum absolute atomic E-state index is 11.8. The molecule has 0 fully saturated rings. The summed E-state index contributed by atoms with van der Waals surface area (Å²) >= 11 is 1.32. The number of fused-ring (bicyclic) bond motifs is 1. The summed E-state index contributed by atoms with van der Waals surface area (Å²) in [6.45, 7) is 11.8. The van der Waals surface area contributed by atoms with E-state index in [1.165, 1.54) is 11.8 Å². The Kier molecular flexibility index (Phi) is 4.22. The van der Waals surface area contributed by atoms with E-state index in [9.17, 15) is 4.79 Å². The lowest BCUT2D eigenvalue weighted by atomic mass is 10.1. The molecule has 1 N–H and O–H groups in total. The highest BCUT2D eigenvalue weighted by molar-refractivity contribution is 7.99. The highest BCUT2D eigenvalue weighted by Gasteiger charge is 2.16. The third-order valence-electron chi connectivity index (χ3n) is 3.09. The second-order valence-corrected chi connectivity index (χ2v) is 7.04. The van der Waals surface area contributed by atoms with Gasteiger partial charge in [0.25, 0.3) is 5.78 Å². The largest absolute Gasteiger partial charge is 0.351 e. The topological polar surface area (TPSA) is 72.2 Å². The van der Waals surface area contributed by atoms with Gasteiger partial charge in [0.2, 0.25) is 11.1 Å². The van der Waals surface area contributed by atoms with Gasteiger partial charge in [0.05, 0.1) is 5.75 Å². The number of aryl methyl sites for hydroxylation is 2. The van der Waals surface area contributed by atoms with E-state index >= 15 is 0 Å². The van der Waals surface area contributed by atoms with Crippen LogP contribution < -0.4 is 5.32 Å². The molecule has 2 aromatic heterocycles. The molecule has 0 bridgehead atoms. The summed E-state index contributed by atoms with van der Waals surface area (Å²) in [6.07, 6.45) is 0. The molecule has 0 aliphatic rings. The van der Waals surface area contributed by atoms with Crippen LogP contribution in [0.15, 0.2) is 5.16 Å². The van der Waals surface area contributed by atoms with Crippen LogP contribution in [-0.2, 0) is 4.79 Å². The first-order chi connectivity index (χ1) is 9.67. The van der Waals surface area contributed by atoms with Gasteiger partial charge in [-0.05, 0) is 47.1 Å². The Labute approximate surface area is 128 Å². The van der Waals surface area contributed by atoms with Gasteiger partial charge in [-0.15, -0.1) is 5.10 Å². The summed E-state index contributed by atoms with van der Waals surface area (Å²) < 4.78 is 1.73. The summed E-state index contributed by atoms with van der Waals surface area (Å²) in [5, 5.41) is 7.89. The van der Waals surface area contributed by atoms with Crippen LogP contribution in [-0.4, -0.2) is 36.8 Å². The number of amides is 1. The van der Waals surface area contributed by atoms with Crippen molar-refractivity contribution in [3.63, 3.8) is 0 Å². The summed E-state index contributed by atoms with van der Waals surface area (Å²) in [6, 6.07) is 0. The SMILES string of the molecule is Cc1nc2nc(SCC(=O)NC(C)(C)C)nn2c(C)c1C. The normalized spacial score (nSPS) is 11.9. The molecule has 0 unspecified atom stereocenters. The lowest BCUT2D eigenvalue weighted by Gasteiger charge is -2.19. The summed E-state index contributed by atoms with van der Waals surface area (Å²) in [4.78, 5) is 20.6. The van der Waals surface area contributed by atoms with Crippen molar-refractivity contribution in [1.82, 2.24) is 24.9 Å². The first-order valence-electron chi connectivity index (χ1n) is 6.82. The van der Waals surface area contributed by atoms with Gasteiger partial charge >= 0.3 is 0 Å². The van der Waals surface area contributed by atoms with Gasteiger partial charge in [-0.25, -0.2) is 9.50 Å². The molecule has 1 amide bonds. The second kappa shape index (κ2) is 5.63. The fourth-order valence-electron chi connectivity index (χ4n) is 1.88. The summed E-state index contributed by atoms with van der Waals surface area (Å²) in [5.41, 5.74) is 2.86. The average Bonchev–Trinajstić information content (AvgIpc) is 2.75. The molecule has 0 aliphatic carbocycles. The predicted molar refractivity (Wildman–Crippen MR) is 83.6 cm³/mol. The van der Waals surface area contributed by atoms with Crippen molar-refractivity contribution >= 4 is 23.4 Å². The molecular weight excluding hydrogens is 286 g/mol. The number of carbonyl (C=O) groups is 1. The van der Waals surface area contributed by atoms with Crippen LogP contribution in [0.1, 0.15) is 37.7 Å². The van der Waals surface area contributed by atoms with E-state index in [2.05, 4.69) is 20.4 Å². The standard InChI is InChI=1S/C14H21N5OS/c1-8-9(2)15-12-16-13(18-19(12)10(8)3)21-7-11(20)17-14(4,5)6/h7H2,1-6H3,(H,17,20). The highest BCUT2D eigenvalue weighted by atomic mass is 32.2. The third-order valence-corrected chi connectivity index (χ3v) is 3.93. The Hall–Kier alpha value is -1.63. The summed E-state index contributed by atoms with van der Waals surface area (Å²) in [7, 11) is 0. The van der Waals surface area contributed by atoms with Gasteiger partial charge in [-0.2, -0.15) is 4.98 Å². The Balaban J connectivity index is 2.14. The average molecular weight is 307 g/mol. The highest BCUT2D eigenvalue weighted by Crippen LogP contribution is 2.17. The van der Waals surface area contributed by atoms with Gasteiger partial charge in [0.15, 0.2) is 0 Å². The Morgan fingerprint density at radius 1 is 1.24 bits per heavy atom. The Bertz CT molecular complexity index is 687. The number of thioether (sulfide) groups is 1. The zero-order valence-corrected chi connectivity index (χ0v) is 14.1. The number of hydrogen-bond acceptors (Lipinski definition) is 5. The maximum atomic E-state index is 11.8. The predicted octanol–water partition coefficient (Wildman–Crippen LogP) is 2.06. The zero-order valence-electron chi connectivity index (χ0n) is 13.3. The first-order valence-corrected chi connectivity index (χ1v) is 7.80. The first kappa shape index (κ1) is 15.8. The molecule has 21 heavy (non-hydrogen) atoms. The molecular formula is C14H21N5OS. The quantitative estimate of drug-likeness (QED) is 0.879. The number of rotatable bonds is 3. The van der Waals surface area contributed by atoms with Gasteiger partial charge in [-0.1, -0.05) is 11.8 Å². The smallest absolute Gasteiger partial charge is 0.253 e. The molecule has 0 spiro atoms. The molecule has 6 nitrogen and oxygen atoms in total. The van der Waals surface area contributed by atoms with Crippen molar-refractivity contribution < 1.29 is 4.79 Å². The van der Waals surface area contributed by atoms with Crippen LogP contribution in [0.2, 0.25) is 0 Å². The minimum absolute atomic E-state index is 0.0246. The minimum atomic E-state index is -0.226. The minimum Gasteiger partial charge on any atom is -0.351 e. The van der Waals surface area contributed by atoms with E-state index in [1.807, 2.05) is 41.5 Å². The van der Waals surface area contributed by atoms with Crippen molar-refractivity contribution in [1.29, 1.82) is 0 Å². The van der Waals surface area contributed by atoms with Crippen molar-refractivity contribution in [2.75, 3.05) is 5.75 Å². The van der Waals surface area contributed by atoms with E-state index in [0.29, 0.717) is 16.7 Å². The van der Waals surface area contributed by atoms with Crippen LogP contribution in [0.4, 0.5) is 0 Å². The third kappa shape index (κ3) is 3.72. The van der Waals surface area contributed by atoms with Crippen LogP contribution >= 0.6 is 11.8 Å². The fourth-order valence-corrected chi connectivity index (χ4v) is 2.50. The monoisotopic (exact) mass is 307 g/mol. The van der Waals surface area contributed by atoms with E-state index in [-0.39, 0.29) is 11.4 Å². The van der Waals surface area contributed by atoms with E-state index < -0.39 is 0 Å². The van der Waals surface area contributed by atoms with Crippen LogP contribution in [0.25, 0.3) is 5.78 Å². The molecule has 2 aromatic rings. The number of nitrogens with one attached hydrogen (secondary N) is 1. The maximum Gasteiger partial charge on any atom is 0.253 e.